The van der Waals surface area contributed by atoms with Crippen molar-refractivity contribution < 1.29 is 14.3 Å². The number of hydrogen-bond donors (Lipinski definition) is 2. The van der Waals surface area contributed by atoms with Crippen LogP contribution < -0.4 is 15.5 Å². The first-order chi connectivity index (χ1) is 20.4. The highest BCUT2D eigenvalue weighted by atomic mass is 35.5. The zero-order chi connectivity index (χ0) is 30.9. The van der Waals surface area contributed by atoms with Crippen LogP contribution in [0.3, 0.4) is 0 Å². The van der Waals surface area contributed by atoms with Gasteiger partial charge in [0.25, 0.3) is 5.91 Å². The first kappa shape index (κ1) is 31.6. The van der Waals surface area contributed by atoms with Gasteiger partial charge >= 0.3 is 0 Å². The minimum absolute atomic E-state index is 0.0498. The molecule has 8 nitrogen and oxygen atoms in total. The van der Waals surface area contributed by atoms with Crippen molar-refractivity contribution in [3.8, 4) is 0 Å². The molecule has 10 heteroatoms. The summed E-state index contributed by atoms with van der Waals surface area (Å²) in [7, 11) is 1.98. The molecule has 5 rings (SSSR count). The molecule has 1 aliphatic heterocycles. The highest BCUT2D eigenvalue weighted by molar-refractivity contribution is 6.36. The number of carbonyl (C=O) groups excluding carboxylic acids is 2. The Bertz CT molecular complexity index is 1500. The van der Waals surface area contributed by atoms with Gasteiger partial charge in [-0.2, -0.15) is 0 Å². The van der Waals surface area contributed by atoms with E-state index in [1.807, 2.05) is 50.6 Å². The van der Waals surface area contributed by atoms with Crippen LogP contribution in [0.2, 0.25) is 10.0 Å². The third kappa shape index (κ3) is 7.13. The topological polar surface area (TPSA) is 88.5 Å². The lowest BCUT2D eigenvalue weighted by atomic mass is 9.87. The number of fused-ring (bicyclic) bond motifs is 1. The van der Waals surface area contributed by atoms with E-state index in [9.17, 15) is 9.59 Å². The largest absolute Gasteiger partial charge is 0.378 e. The fourth-order valence-electron chi connectivity index (χ4n) is 5.89. The minimum Gasteiger partial charge on any atom is -0.378 e. The Morgan fingerprint density at radius 3 is 2.44 bits per heavy atom. The van der Waals surface area contributed by atoms with E-state index in [1.54, 1.807) is 0 Å². The van der Waals surface area contributed by atoms with Crippen molar-refractivity contribution in [3.63, 3.8) is 0 Å². The van der Waals surface area contributed by atoms with Gasteiger partial charge in [0.2, 0.25) is 5.91 Å². The molecular weight excluding hydrogens is 585 g/mol. The summed E-state index contributed by atoms with van der Waals surface area (Å²) in [6.07, 6.45) is 4.70. The second-order valence-electron chi connectivity index (χ2n) is 13.1. The second-order valence-corrected chi connectivity index (χ2v) is 13.9. The van der Waals surface area contributed by atoms with Crippen molar-refractivity contribution in [1.82, 2.24) is 20.2 Å². The Morgan fingerprint density at radius 2 is 1.77 bits per heavy atom. The predicted molar refractivity (Wildman–Crippen MR) is 173 cm³/mol. The van der Waals surface area contributed by atoms with E-state index < -0.39 is 5.41 Å². The predicted octanol–water partition coefficient (Wildman–Crippen LogP) is 6.28. The van der Waals surface area contributed by atoms with Crippen LogP contribution in [0.1, 0.15) is 80.7 Å². The summed E-state index contributed by atoms with van der Waals surface area (Å²) in [5.41, 5.74) is 4.27. The van der Waals surface area contributed by atoms with Gasteiger partial charge in [0.1, 0.15) is 5.82 Å². The summed E-state index contributed by atoms with van der Waals surface area (Å²) in [5, 5.41) is 7.34. The summed E-state index contributed by atoms with van der Waals surface area (Å²) < 4.78 is 7.65. The molecule has 232 valence electrons. The first-order valence-electron chi connectivity index (χ1n) is 15.3. The minimum atomic E-state index is -0.500. The molecule has 2 aliphatic rings. The van der Waals surface area contributed by atoms with Crippen LogP contribution in [0.5, 0.6) is 0 Å². The summed E-state index contributed by atoms with van der Waals surface area (Å²) in [5.74, 6) is 1.39. The molecule has 1 saturated carbocycles. The molecule has 0 unspecified atom stereocenters. The molecular formula is C33H43Cl2N5O3. The van der Waals surface area contributed by atoms with E-state index in [0.717, 1.165) is 72.4 Å². The van der Waals surface area contributed by atoms with Gasteiger partial charge in [0.15, 0.2) is 0 Å². The molecule has 3 aromatic rings. The Kier molecular flexibility index (Phi) is 9.59. The van der Waals surface area contributed by atoms with Crippen LogP contribution in [0.25, 0.3) is 11.0 Å². The monoisotopic (exact) mass is 627 g/mol. The lowest BCUT2D eigenvalue weighted by molar-refractivity contribution is -0.128. The van der Waals surface area contributed by atoms with Gasteiger partial charge < -0.3 is 24.8 Å². The molecule has 0 radical (unpaired) electrons. The maximum atomic E-state index is 13.7. The van der Waals surface area contributed by atoms with Gasteiger partial charge in [-0.1, -0.05) is 57.0 Å². The number of ether oxygens (including phenoxy) is 1. The summed E-state index contributed by atoms with van der Waals surface area (Å²) in [6.45, 7) is 10.9. The number of benzene rings is 2. The van der Waals surface area contributed by atoms with Gasteiger partial charge in [-0.15, -0.1) is 0 Å². The number of nitrogens with zero attached hydrogens (tertiary/aromatic N) is 3. The summed E-state index contributed by atoms with van der Waals surface area (Å²) in [4.78, 5) is 33.4. The molecule has 1 aliphatic carbocycles. The number of nitrogens with one attached hydrogen (secondary N) is 2. The van der Waals surface area contributed by atoms with Crippen LogP contribution >= 0.6 is 23.2 Å². The number of morpholine rings is 1. The number of aryl methyl sites for hydroxylation is 1. The molecule has 2 heterocycles. The Balaban J connectivity index is 1.46. The highest BCUT2D eigenvalue weighted by Gasteiger charge is 2.26. The molecule has 2 N–H and O–H groups in total. The zero-order valence-corrected chi connectivity index (χ0v) is 27.4. The molecule has 0 bridgehead atoms. The maximum Gasteiger partial charge on any atom is 0.253 e. The Labute approximate surface area is 264 Å². The number of amides is 2. The van der Waals surface area contributed by atoms with Crippen molar-refractivity contribution in [2.45, 2.75) is 72.4 Å². The molecule has 0 spiro atoms. The standard InChI is InChI=1S/C33H43Cl2N5O3/c1-20-6-9-22(10-7-20)37-31(41)24-16-26-28(18-27(24)40-12-14-43-15-13-40)39(5)29(38-26)17-23-25(34)11-8-21(30(23)35)19-36-32(42)33(2,3)4/h8,11,16,18,20,22H,6-7,9-10,12-15,17,19H2,1-5H3,(H,36,42)(H,37,41). The molecule has 43 heavy (non-hydrogen) atoms. The van der Waals surface area contributed by atoms with Crippen molar-refractivity contribution in [2.75, 3.05) is 31.2 Å². The zero-order valence-electron chi connectivity index (χ0n) is 25.9. The molecule has 1 aromatic heterocycles. The van der Waals surface area contributed by atoms with Crippen LogP contribution in [0.4, 0.5) is 5.69 Å². The van der Waals surface area contributed by atoms with E-state index in [1.165, 1.54) is 0 Å². The lowest BCUT2D eigenvalue weighted by Gasteiger charge is -2.31. The van der Waals surface area contributed by atoms with Crippen LogP contribution in [0, 0.1) is 11.3 Å². The van der Waals surface area contributed by atoms with Gasteiger partial charge in [-0.05, 0) is 60.9 Å². The van der Waals surface area contributed by atoms with E-state index in [-0.39, 0.29) is 17.9 Å². The smallest absolute Gasteiger partial charge is 0.253 e. The van der Waals surface area contributed by atoms with E-state index in [4.69, 9.17) is 32.9 Å². The maximum absolute atomic E-state index is 13.7. The quantitative estimate of drug-likeness (QED) is 0.322. The Morgan fingerprint density at radius 1 is 1.07 bits per heavy atom. The molecule has 2 aromatic carbocycles. The average Bonchev–Trinajstić information content (AvgIpc) is 3.29. The molecule has 0 atom stereocenters. The number of anilines is 1. The number of carbonyl (C=O) groups is 2. The van der Waals surface area contributed by atoms with Gasteiger partial charge in [-0.3, -0.25) is 9.59 Å². The SMILES string of the molecule is CC1CCC(NC(=O)c2cc3nc(Cc4c(Cl)ccc(CNC(=O)C(C)(C)C)c4Cl)n(C)c3cc2N2CCOCC2)CC1. The van der Waals surface area contributed by atoms with Gasteiger partial charge in [-0.25, -0.2) is 4.98 Å². The number of hydrogen-bond acceptors (Lipinski definition) is 5. The van der Waals surface area contributed by atoms with Crippen LogP contribution in [-0.4, -0.2) is 53.7 Å². The third-order valence-corrected chi connectivity index (χ3v) is 9.58. The lowest BCUT2D eigenvalue weighted by Crippen LogP contribution is -2.40. The normalized spacial score (nSPS) is 19.5. The van der Waals surface area contributed by atoms with Crippen molar-refractivity contribution in [2.24, 2.45) is 18.4 Å². The second kappa shape index (κ2) is 13.0. The Hall–Kier alpha value is -2.81. The highest BCUT2D eigenvalue weighted by Crippen LogP contribution is 2.33. The van der Waals surface area contributed by atoms with E-state index >= 15 is 0 Å². The van der Waals surface area contributed by atoms with Crippen molar-refractivity contribution in [3.05, 3.63) is 56.8 Å². The average molecular weight is 629 g/mol. The van der Waals surface area contributed by atoms with Crippen molar-refractivity contribution >= 4 is 51.7 Å². The number of imidazole rings is 1. The van der Waals surface area contributed by atoms with E-state index in [0.29, 0.717) is 47.7 Å². The van der Waals surface area contributed by atoms with Gasteiger partial charge in [0.05, 0.1) is 40.5 Å². The van der Waals surface area contributed by atoms with E-state index in [2.05, 4.69) is 28.5 Å². The number of aromatic nitrogens is 2. The first-order valence-corrected chi connectivity index (χ1v) is 16.0. The number of halogens is 2. The van der Waals surface area contributed by atoms with Crippen LogP contribution in [0.15, 0.2) is 24.3 Å². The summed E-state index contributed by atoms with van der Waals surface area (Å²) in [6, 6.07) is 7.86. The molecule has 1 saturated heterocycles. The number of rotatable bonds is 7. The van der Waals surface area contributed by atoms with Gasteiger partial charge in [0, 0.05) is 49.6 Å². The molecule has 2 fully saturated rings. The summed E-state index contributed by atoms with van der Waals surface area (Å²) >= 11 is 13.5. The fourth-order valence-corrected chi connectivity index (χ4v) is 6.47. The molecule has 2 amide bonds. The third-order valence-electron chi connectivity index (χ3n) is 8.76. The fraction of sp³-hybridized carbons (Fsp3) is 0.545. The van der Waals surface area contributed by atoms with Crippen molar-refractivity contribution in [1.29, 1.82) is 0 Å². The van der Waals surface area contributed by atoms with Crippen LogP contribution in [-0.2, 0) is 29.5 Å².